The van der Waals surface area contributed by atoms with E-state index in [1.165, 1.54) is 19.1 Å². The van der Waals surface area contributed by atoms with Gasteiger partial charge in [0.2, 0.25) is 0 Å². The lowest BCUT2D eigenvalue weighted by Crippen LogP contribution is -2.17. The summed E-state index contributed by atoms with van der Waals surface area (Å²) in [6, 6.07) is 12.6. The van der Waals surface area contributed by atoms with E-state index in [-0.39, 0.29) is 5.91 Å². The van der Waals surface area contributed by atoms with E-state index in [9.17, 15) is 4.79 Å². The molecular weight excluding hydrogens is 290 g/mol. The first-order valence-electron chi connectivity index (χ1n) is 7.82. The molecule has 0 saturated heterocycles. The van der Waals surface area contributed by atoms with Gasteiger partial charge in [-0.2, -0.15) is 5.10 Å². The van der Waals surface area contributed by atoms with Crippen molar-refractivity contribution in [2.75, 3.05) is 0 Å². The van der Waals surface area contributed by atoms with Gasteiger partial charge in [-0.05, 0) is 62.1 Å². The molecule has 1 saturated carbocycles. The van der Waals surface area contributed by atoms with Crippen LogP contribution in [0.25, 0.3) is 0 Å². The zero-order chi connectivity index (χ0) is 15.9. The van der Waals surface area contributed by atoms with Crippen molar-refractivity contribution in [1.82, 2.24) is 10.4 Å². The van der Waals surface area contributed by atoms with Crippen molar-refractivity contribution >= 4 is 12.1 Å². The minimum Gasteiger partial charge on any atom is -0.490 e. The first kappa shape index (κ1) is 15.2. The fourth-order valence-electron chi connectivity index (χ4n) is 2.56. The standard InChI is InChI=1S/C18H19N3O2/c22-18(21-20-13-15-5-3-4-12-19-15)14-8-10-17(11-9-14)23-16-6-1-2-7-16/h3-5,8-13,16H,1-2,6-7H2,(H,21,22)/b20-13+. The van der Waals surface area contributed by atoms with E-state index in [1.807, 2.05) is 30.3 Å². The number of hydrazone groups is 1. The maximum atomic E-state index is 12.0. The monoisotopic (exact) mass is 309 g/mol. The summed E-state index contributed by atoms with van der Waals surface area (Å²) in [4.78, 5) is 16.1. The summed E-state index contributed by atoms with van der Waals surface area (Å²) >= 11 is 0. The third kappa shape index (κ3) is 4.39. The van der Waals surface area contributed by atoms with E-state index in [2.05, 4.69) is 15.5 Å². The summed E-state index contributed by atoms with van der Waals surface area (Å²) < 4.78 is 5.88. The number of benzene rings is 1. The molecule has 0 spiro atoms. The van der Waals surface area contributed by atoms with Crippen molar-refractivity contribution < 1.29 is 9.53 Å². The van der Waals surface area contributed by atoms with E-state index in [0.717, 1.165) is 18.6 Å². The highest BCUT2D eigenvalue weighted by Crippen LogP contribution is 2.24. The van der Waals surface area contributed by atoms with Gasteiger partial charge in [0.15, 0.2) is 0 Å². The van der Waals surface area contributed by atoms with Gasteiger partial charge in [-0.1, -0.05) is 6.07 Å². The van der Waals surface area contributed by atoms with Gasteiger partial charge in [-0.3, -0.25) is 9.78 Å². The third-order valence-electron chi connectivity index (χ3n) is 3.77. The summed E-state index contributed by atoms with van der Waals surface area (Å²) in [6.45, 7) is 0. The molecule has 0 aliphatic heterocycles. The van der Waals surface area contributed by atoms with Gasteiger partial charge in [-0.25, -0.2) is 5.43 Å². The zero-order valence-electron chi connectivity index (χ0n) is 12.8. The average molecular weight is 309 g/mol. The van der Waals surface area contributed by atoms with Gasteiger partial charge in [-0.15, -0.1) is 0 Å². The van der Waals surface area contributed by atoms with Crippen LogP contribution in [0.5, 0.6) is 5.75 Å². The van der Waals surface area contributed by atoms with E-state index >= 15 is 0 Å². The Bertz CT molecular complexity index is 662. The highest BCUT2D eigenvalue weighted by molar-refractivity contribution is 5.94. The number of hydrogen-bond acceptors (Lipinski definition) is 4. The Morgan fingerprint density at radius 1 is 1.17 bits per heavy atom. The second kappa shape index (κ2) is 7.54. The molecule has 1 aliphatic carbocycles. The van der Waals surface area contributed by atoms with Crippen molar-refractivity contribution in [3.8, 4) is 5.75 Å². The summed E-state index contributed by atoms with van der Waals surface area (Å²) in [5.74, 6) is 0.551. The molecule has 1 N–H and O–H groups in total. The van der Waals surface area contributed by atoms with E-state index < -0.39 is 0 Å². The van der Waals surface area contributed by atoms with Gasteiger partial charge < -0.3 is 4.74 Å². The molecule has 0 atom stereocenters. The highest BCUT2D eigenvalue weighted by atomic mass is 16.5. The third-order valence-corrected chi connectivity index (χ3v) is 3.77. The minimum atomic E-state index is -0.260. The van der Waals surface area contributed by atoms with E-state index in [4.69, 9.17) is 4.74 Å². The molecule has 0 unspecified atom stereocenters. The molecule has 5 heteroatoms. The molecule has 1 amide bonds. The first-order valence-corrected chi connectivity index (χ1v) is 7.82. The van der Waals surface area contributed by atoms with E-state index in [0.29, 0.717) is 17.4 Å². The number of rotatable bonds is 5. The fourth-order valence-corrected chi connectivity index (χ4v) is 2.56. The number of hydrogen-bond donors (Lipinski definition) is 1. The van der Waals surface area contributed by atoms with Crippen molar-refractivity contribution in [3.63, 3.8) is 0 Å². The van der Waals surface area contributed by atoms with Crippen LogP contribution in [0.4, 0.5) is 0 Å². The second-order valence-electron chi connectivity index (χ2n) is 5.50. The van der Waals surface area contributed by atoms with Crippen LogP contribution in [0.3, 0.4) is 0 Å². The Hall–Kier alpha value is -2.69. The maximum absolute atomic E-state index is 12.0. The number of nitrogens with zero attached hydrogens (tertiary/aromatic N) is 2. The molecule has 0 radical (unpaired) electrons. The first-order chi connectivity index (χ1) is 11.3. The maximum Gasteiger partial charge on any atom is 0.271 e. The highest BCUT2D eigenvalue weighted by Gasteiger charge is 2.16. The van der Waals surface area contributed by atoms with Crippen LogP contribution in [0, 0.1) is 0 Å². The normalized spacial score (nSPS) is 15.0. The summed E-state index contributed by atoms with van der Waals surface area (Å²) in [5.41, 5.74) is 3.72. The predicted octanol–water partition coefficient (Wildman–Crippen LogP) is 3.17. The lowest BCUT2D eigenvalue weighted by Gasteiger charge is -2.12. The predicted molar refractivity (Wildman–Crippen MR) is 88.6 cm³/mol. The number of nitrogens with one attached hydrogen (secondary N) is 1. The molecule has 1 aromatic carbocycles. The Morgan fingerprint density at radius 3 is 2.65 bits per heavy atom. The molecule has 2 aromatic rings. The van der Waals surface area contributed by atoms with Gasteiger partial charge in [0.1, 0.15) is 5.75 Å². The van der Waals surface area contributed by atoms with Crippen molar-refractivity contribution in [2.24, 2.45) is 5.10 Å². The number of amides is 1. The van der Waals surface area contributed by atoms with Gasteiger partial charge in [0, 0.05) is 11.8 Å². The molecule has 23 heavy (non-hydrogen) atoms. The number of carbonyl (C=O) groups excluding carboxylic acids is 1. The molecule has 1 aromatic heterocycles. The average Bonchev–Trinajstić information content (AvgIpc) is 3.09. The Labute approximate surface area is 135 Å². The number of carbonyl (C=O) groups is 1. The Kier molecular flexibility index (Phi) is 4.99. The van der Waals surface area contributed by atoms with Crippen LogP contribution < -0.4 is 10.2 Å². The zero-order valence-corrected chi connectivity index (χ0v) is 12.8. The molecule has 118 valence electrons. The Balaban J connectivity index is 1.54. The number of ether oxygens (including phenoxy) is 1. The molecule has 1 fully saturated rings. The Morgan fingerprint density at radius 2 is 1.96 bits per heavy atom. The lowest BCUT2D eigenvalue weighted by atomic mass is 10.2. The van der Waals surface area contributed by atoms with Crippen LogP contribution >= 0.6 is 0 Å². The minimum absolute atomic E-state index is 0.260. The largest absolute Gasteiger partial charge is 0.490 e. The fraction of sp³-hybridized carbons (Fsp3) is 0.278. The van der Waals surface area contributed by atoms with Crippen LogP contribution in [-0.2, 0) is 0 Å². The summed E-state index contributed by atoms with van der Waals surface area (Å²) in [5, 5.41) is 3.91. The van der Waals surface area contributed by atoms with Gasteiger partial charge >= 0.3 is 0 Å². The molecule has 5 nitrogen and oxygen atoms in total. The molecule has 3 rings (SSSR count). The van der Waals surface area contributed by atoms with Crippen molar-refractivity contribution in [2.45, 2.75) is 31.8 Å². The molecule has 1 heterocycles. The quantitative estimate of drug-likeness (QED) is 0.681. The van der Waals surface area contributed by atoms with Gasteiger partial charge in [0.25, 0.3) is 5.91 Å². The summed E-state index contributed by atoms with van der Waals surface area (Å²) in [7, 11) is 0. The lowest BCUT2D eigenvalue weighted by molar-refractivity contribution is 0.0955. The van der Waals surface area contributed by atoms with Crippen LogP contribution in [0.15, 0.2) is 53.8 Å². The summed E-state index contributed by atoms with van der Waals surface area (Å²) in [6.07, 6.45) is 8.20. The topological polar surface area (TPSA) is 63.6 Å². The molecule has 1 aliphatic rings. The number of pyridine rings is 1. The van der Waals surface area contributed by atoms with Crippen molar-refractivity contribution in [1.29, 1.82) is 0 Å². The second-order valence-corrected chi connectivity index (χ2v) is 5.50. The number of aromatic nitrogens is 1. The van der Waals surface area contributed by atoms with Crippen LogP contribution in [0.2, 0.25) is 0 Å². The molecule has 0 bridgehead atoms. The van der Waals surface area contributed by atoms with Crippen LogP contribution in [-0.4, -0.2) is 23.2 Å². The van der Waals surface area contributed by atoms with E-state index in [1.54, 1.807) is 18.3 Å². The molecular formula is C18H19N3O2. The smallest absolute Gasteiger partial charge is 0.271 e. The SMILES string of the molecule is O=C(N/N=C/c1ccccn1)c1ccc(OC2CCCC2)cc1. The van der Waals surface area contributed by atoms with Gasteiger partial charge in [0.05, 0.1) is 18.0 Å². The van der Waals surface area contributed by atoms with Crippen LogP contribution in [0.1, 0.15) is 41.7 Å². The van der Waals surface area contributed by atoms with Crippen molar-refractivity contribution in [3.05, 3.63) is 59.9 Å².